The van der Waals surface area contributed by atoms with Crippen LogP contribution in [0.4, 0.5) is 0 Å². The van der Waals surface area contributed by atoms with E-state index in [-0.39, 0.29) is 12.1 Å². The van der Waals surface area contributed by atoms with Crippen molar-refractivity contribution in [1.82, 2.24) is 0 Å². The Bertz CT molecular complexity index is 1190. The molecule has 0 fully saturated rings. The molecule has 0 radical (unpaired) electrons. The van der Waals surface area contributed by atoms with E-state index in [2.05, 4.69) is 18.2 Å². The standard InChI is InChI=1S/C26H24O3/c1-4-17(2)29-26(27)22-15-13-18-9-5-7-11-20(18)24(22)25-21-12-8-6-10-19(21)14-16-23(25)28-3/h5-17H,4H2,1-3H3/t17-/m1/s1. The summed E-state index contributed by atoms with van der Waals surface area (Å²) in [6, 6.07) is 24.1. The van der Waals surface area contributed by atoms with E-state index < -0.39 is 0 Å². The number of esters is 1. The molecule has 4 rings (SSSR count). The molecule has 0 heterocycles. The van der Waals surface area contributed by atoms with Crippen molar-refractivity contribution in [2.45, 2.75) is 26.4 Å². The first-order chi connectivity index (χ1) is 14.1. The SMILES string of the molecule is CC[C@@H](C)OC(=O)c1ccc2ccccc2c1-c1c(OC)ccc2ccccc12. The van der Waals surface area contributed by atoms with E-state index in [1.807, 2.05) is 68.4 Å². The van der Waals surface area contributed by atoms with Gasteiger partial charge in [-0.15, -0.1) is 0 Å². The third kappa shape index (κ3) is 3.44. The summed E-state index contributed by atoms with van der Waals surface area (Å²) < 4.78 is 11.4. The van der Waals surface area contributed by atoms with Crippen molar-refractivity contribution in [2.75, 3.05) is 7.11 Å². The number of rotatable bonds is 5. The molecule has 0 saturated heterocycles. The zero-order valence-corrected chi connectivity index (χ0v) is 16.9. The molecule has 0 unspecified atom stereocenters. The van der Waals surface area contributed by atoms with Crippen LogP contribution in [0.3, 0.4) is 0 Å². The molecule has 0 aliphatic heterocycles. The lowest BCUT2D eigenvalue weighted by Crippen LogP contribution is -2.15. The highest BCUT2D eigenvalue weighted by atomic mass is 16.5. The Kier molecular flexibility index (Phi) is 5.22. The molecule has 4 aromatic rings. The van der Waals surface area contributed by atoms with Gasteiger partial charge in [-0.05, 0) is 47.0 Å². The van der Waals surface area contributed by atoms with Crippen LogP contribution in [0, 0.1) is 0 Å². The Labute approximate surface area is 170 Å². The zero-order chi connectivity index (χ0) is 20.4. The third-order valence-electron chi connectivity index (χ3n) is 5.39. The number of hydrogen-bond donors (Lipinski definition) is 0. The van der Waals surface area contributed by atoms with Crippen molar-refractivity contribution in [1.29, 1.82) is 0 Å². The van der Waals surface area contributed by atoms with Gasteiger partial charge in [-0.3, -0.25) is 0 Å². The quantitative estimate of drug-likeness (QED) is 0.363. The number of carbonyl (C=O) groups excluding carboxylic acids is 1. The second-order valence-electron chi connectivity index (χ2n) is 7.20. The second kappa shape index (κ2) is 7.96. The van der Waals surface area contributed by atoms with Crippen molar-refractivity contribution < 1.29 is 14.3 Å². The van der Waals surface area contributed by atoms with Crippen LogP contribution in [0.5, 0.6) is 5.75 Å². The minimum absolute atomic E-state index is 0.142. The lowest BCUT2D eigenvalue weighted by molar-refractivity contribution is 0.0335. The smallest absolute Gasteiger partial charge is 0.339 e. The van der Waals surface area contributed by atoms with Crippen LogP contribution in [0.2, 0.25) is 0 Å². The molecular formula is C26H24O3. The average Bonchev–Trinajstić information content (AvgIpc) is 2.77. The number of ether oxygens (including phenoxy) is 2. The van der Waals surface area contributed by atoms with E-state index in [0.29, 0.717) is 5.56 Å². The minimum Gasteiger partial charge on any atom is -0.496 e. The lowest BCUT2D eigenvalue weighted by Gasteiger charge is -2.19. The highest BCUT2D eigenvalue weighted by molar-refractivity contribution is 6.14. The van der Waals surface area contributed by atoms with Gasteiger partial charge in [-0.1, -0.05) is 67.6 Å². The van der Waals surface area contributed by atoms with Gasteiger partial charge in [-0.25, -0.2) is 4.79 Å². The molecule has 3 heteroatoms. The molecule has 29 heavy (non-hydrogen) atoms. The monoisotopic (exact) mass is 384 g/mol. The Morgan fingerprint density at radius 2 is 1.41 bits per heavy atom. The minimum atomic E-state index is -0.310. The largest absolute Gasteiger partial charge is 0.496 e. The number of fused-ring (bicyclic) bond motifs is 2. The average molecular weight is 384 g/mol. The summed E-state index contributed by atoms with van der Waals surface area (Å²) in [6.45, 7) is 3.92. The molecular weight excluding hydrogens is 360 g/mol. The summed E-state index contributed by atoms with van der Waals surface area (Å²) in [5, 5.41) is 4.21. The molecule has 0 aliphatic rings. The number of hydrogen-bond acceptors (Lipinski definition) is 3. The van der Waals surface area contributed by atoms with Gasteiger partial charge >= 0.3 is 5.97 Å². The fraction of sp³-hybridized carbons (Fsp3) is 0.192. The lowest BCUT2D eigenvalue weighted by atomic mass is 9.89. The maximum absolute atomic E-state index is 13.1. The van der Waals surface area contributed by atoms with Gasteiger partial charge in [0.25, 0.3) is 0 Å². The van der Waals surface area contributed by atoms with Crippen molar-refractivity contribution in [3.8, 4) is 16.9 Å². The maximum Gasteiger partial charge on any atom is 0.339 e. The first-order valence-corrected chi connectivity index (χ1v) is 9.93. The van der Waals surface area contributed by atoms with Crippen molar-refractivity contribution >= 4 is 27.5 Å². The summed E-state index contributed by atoms with van der Waals surface area (Å²) >= 11 is 0. The van der Waals surface area contributed by atoms with Crippen LogP contribution in [0.25, 0.3) is 32.7 Å². The summed E-state index contributed by atoms with van der Waals surface area (Å²) in [6.07, 6.45) is 0.628. The second-order valence-corrected chi connectivity index (χ2v) is 7.20. The van der Waals surface area contributed by atoms with E-state index in [1.165, 1.54) is 0 Å². The molecule has 4 aromatic carbocycles. The van der Waals surface area contributed by atoms with Crippen molar-refractivity contribution in [2.24, 2.45) is 0 Å². The number of methoxy groups -OCH3 is 1. The summed E-state index contributed by atoms with van der Waals surface area (Å²) in [4.78, 5) is 13.1. The van der Waals surface area contributed by atoms with Crippen LogP contribution in [-0.2, 0) is 4.74 Å². The van der Waals surface area contributed by atoms with Crippen LogP contribution in [-0.4, -0.2) is 19.2 Å². The fourth-order valence-corrected chi connectivity index (χ4v) is 3.72. The number of benzene rings is 4. The predicted molar refractivity (Wildman–Crippen MR) is 119 cm³/mol. The summed E-state index contributed by atoms with van der Waals surface area (Å²) in [5.74, 6) is 0.424. The molecule has 0 bridgehead atoms. The van der Waals surface area contributed by atoms with E-state index >= 15 is 0 Å². The first kappa shape index (κ1) is 19.0. The molecule has 0 saturated carbocycles. The molecule has 0 N–H and O–H groups in total. The molecule has 0 spiro atoms. The Hall–Kier alpha value is -3.33. The van der Waals surface area contributed by atoms with Crippen molar-refractivity contribution in [3.05, 3.63) is 78.4 Å². The molecule has 0 aromatic heterocycles. The van der Waals surface area contributed by atoms with Crippen LogP contribution >= 0.6 is 0 Å². The van der Waals surface area contributed by atoms with Gasteiger partial charge in [0.2, 0.25) is 0 Å². The molecule has 3 nitrogen and oxygen atoms in total. The summed E-state index contributed by atoms with van der Waals surface area (Å²) in [7, 11) is 1.66. The highest BCUT2D eigenvalue weighted by Crippen LogP contribution is 2.42. The van der Waals surface area contributed by atoms with E-state index in [1.54, 1.807) is 7.11 Å². The van der Waals surface area contributed by atoms with Gasteiger partial charge in [0.15, 0.2) is 0 Å². The highest BCUT2D eigenvalue weighted by Gasteiger charge is 2.22. The third-order valence-corrected chi connectivity index (χ3v) is 5.39. The van der Waals surface area contributed by atoms with Crippen molar-refractivity contribution in [3.63, 3.8) is 0 Å². The molecule has 0 amide bonds. The van der Waals surface area contributed by atoms with Crippen LogP contribution in [0.1, 0.15) is 30.6 Å². The predicted octanol–water partition coefficient (Wildman–Crippen LogP) is 6.62. The van der Waals surface area contributed by atoms with Gasteiger partial charge in [-0.2, -0.15) is 0 Å². The normalized spacial score (nSPS) is 12.1. The number of carbonyl (C=O) groups is 1. The van der Waals surface area contributed by atoms with Gasteiger partial charge in [0.1, 0.15) is 5.75 Å². The summed E-state index contributed by atoms with van der Waals surface area (Å²) in [5.41, 5.74) is 2.32. The van der Waals surface area contributed by atoms with E-state index in [0.717, 1.165) is 44.8 Å². The van der Waals surface area contributed by atoms with E-state index in [4.69, 9.17) is 9.47 Å². The molecule has 1 atom stereocenters. The zero-order valence-electron chi connectivity index (χ0n) is 16.9. The molecule has 146 valence electrons. The van der Waals surface area contributed by atoms with E-state index in [9.17, 15) is 4.79 Å². The molecule has 0 aliphatic carbocycles. The fourth-order valence-electron chi connectivity index (χ4n) is 3.72. The van der Waals surface area contributed by atoms with Gasteiger partial charge in [0.05, 0.1) is 18.8 Å². The first-order valence-electron chi connectivity index (χ1n) is 9.93. The van der Waals surface area contributed by atoms with Gasteiger partial charge < -0.3 is 9.47 Å². The Morgan fingerprint density at radius 1 is 0.828 bits per heavy atom. The maximum atomic E-state index is 13.1. The van der Waals surface area contributed by atoms with Crippen LogP contribution < -0.4 is 4.74 Å². The Morgan fingerprint density at radius 3 is 2.03 bits per heavy atom. The topological polar surface area (TPSA) is 35.5 Å². The Balaban J connectivity index is 2.09. The van der Waals surface area contributed by atoms with Gasteiger partial charge in [0, 0.05) is 11.1 Å². The van der Waals surface area contributed by atoms with Crippen LogP contribution in [0.15, 0.2) is 72.8 Å².